The molecule has 1 aromatic carbocycles. The molecule has 1 aliphatic rings. The van der Waals surface area contributed by atoms with E-state index in [0.717, 1.165) is 11.1 Å². The van der Waals surface area contributed by atoms with Gasteiger partial charge in [-0.25, -0.2) is 0 Å². The maximum absolute atomic E-state index is 12.1. The van der Waals surface area contributed by atoms with E-state index >= 15 is 0 Å². The number of nitrogens with one attached hydrogen (secondary N) is 1. The maximum atomic E-state index is 12.1. The van der Waals surface area contributed by atoms with E-state index in [2.05, 4.69) is 10.5 Å². The lowest BCUT2D eigenvalue weighted by atomic mass is 10.1. The number of rotatable bonds is 2. The fraction of sp³-hybridized carbons (Fsp3) is 0.286. The van der Waals surface area contributed by atoms with Gasteiger partial charge in [-0.05, 0) is 18.1 Å². The zero-order chi connectivity index (χ0) is 13.4. The molecule has 0 bridgehead atoms. The number of carbonyl (C=O) groups is 1. The Morgan fingerprint density at radius 1 is 1.47 bits per heavy atom. The molecule has 0 fully saturated rings. The van der Waals surface area contributed by atoms with E-state index in [1.54, 1.807) is 6.92 Å². The van der Waals surface area contributed by atoms with E-state index in [1.807, 2.05) is 24.3 Å². The molecule has 2 N–H and O–H groups in total. The zero-order valence-electron chi connectivity index (χ0n) is 10.5. The molecule has 19 heavy (non-hydrogen) atoms. The number of benzene rings is 1. The summed E-state index contributed by atoms with van der Waals surface area (Å²) >= 11 is 0. The van der Waals surface area contributed by atoms with Gasteiger partial charge in [0, 0.05) is 12.0 Å². The van der Waals surface area contributed by atoms with E-state index in [-0.39, 0.29) is 11.7 Å². The smallest absolute Gasteiger partial charge is 0.290 e. The first-order valence-corrected chi connectivity index (χ1v) is 6.15. The number of nitrogens with zero attached hydrogens (tertiary/aromatic N) is 1. The average Bonchev–Trinajstić information content (AvgIpc) is 2.94. The summed E-state index contributed by atoms with van der Waals surface area (Å²) < 4.78 is 4.92. The van der Waals surface area contributed by atoms with Crippen molar-refractivity contribution in [2.75, 3.05) is 0 Å². The first-order chi connectivity index (χ1) is 9.16. The zero-order valence-corrected chi connectivity index (χ0v) is 10.5. The molecule has 0 saturated heterocycles. The minimum Gasteiger partial charge on any atom is -0.390 e. The molecule has 0 aliphatic heterocycles. The van der Waals surface area contributed by atoms with Crippen LogP contribution < -0.4 is 5.32 Å². The standard InChI is InChI=1S/C14H14N2O3/c1-8-7-15-19-13(8)14(18)16-12-10-5-3-2-4-9(10)6-11(12)17/h2-5,7,11-12,17H,6H2,1H3,(H,16,18)/t11-,12+/m0/s1. The number of aliphatic hydroxyl groups excluding tert-OH is 1. The van der Waals surface area contributed by atoms with Gasteiger partial charge >= 0.3 is 0 Å². The fourth-order valence-corrected chi connectivity index (χ4v) is 2.46. The Bertz CT molecular complexity index is 621. The number of aromatic nitrogens is 1. The summed E-state index contributed by atoms with van der Waals surface area (Å²) in [6.07, 6.45) is 1.44. The number of hydrogen-bond donors (Lipinski definition) is 2. The number of aryl methyl sites for hydroxylation is 1. The second-order valence-corrected chi connectivity index (χ2v) is 4.76. The third-order valence-electron chi connectivity index (χ3n) is 3.45. The summed E-state index contributed by atoms with van der Waals surface area (Å²) in [5, 5.41) is 16.5. The number of carbonyl (C=O) groups excluding carboxylic acids is 1. The van der Waals surface area contributed by atoms with Gasteiger partial charge in [-0.2, -0.15) is 0 Å². The van der Waals surface area contributed by atoms with Crippen LogP contribution in [0.2, 0.25) is 0 Å². The van der Waals surface area contributed by atoms with Crippen LogP contribution in [0.1, 0.15) is 33.3 Å². The van der Waals surface area contributed by atoms with E-state index < -0.39 is 12.1 Å². The summed E-state index contributed by atoms with van der Waals surface area (Å²) in [7, 11) is 0. The molecule has 98 valence electrons. The van der Waals surface area contributed by atoms with Gasteiger partial charge in [-0.3, -0.25) is 4.79 Å². The molecule has 1 aliphatic carbocycles. The van der Waals surface area contributed by atoms with Crippen molar-refractivity contribution < 1.29 is 14.4 Å². The first kappa shape index (κ1) is 11.9. The Labute approximate surface area is 110 Å². The Kier molecular flexibility index (Phi) is 2.83. The average molecular weight is 258 g/mol. The van der Waals surface area contributed by atoms with Gasteiger partial charge < -0.3 is 14.9 Å². The van der Waals surface area contributed by atoms with Crippen molar-refractivity contribution in [1.82, 2.24) is 10.5 Å². The lowest BCUT2D eigenvalue weighted by molar-refractivity contribution is 0.0822. The van der Waals surface area contributed by atoms with Crippen molar-refractivity contribution in [2.45, 2.75) is 25.5 Å². The predicted molar refractivity (Wildman–Crippen MR) is 67.6 cm³/mol. The van der Waals surface area contributed by atoms with Crippen molar-refractivity contribution in [1.29, 1.82) is 0 Å². The Balaban J connectivity index is 1.84. The Morgan fingerprint density at radius 3 is 3.00 bits per heavy atom. The van der Waals surface area contributed by atoms with Gasteiger partial charge in [0.15, 0.2) is 0 Å². The molecule has 0 saturated carbocycles. The molecule has 1 aromatic heterocycles. The lowest BCUT2D eigenvalue weighted by Crippen LogP contribution is -2.33. The summed E-state index contributed by atoms with van der Waals surface area (Å²) in [5.74, 6) is -0.160. The van der Waals surface area contributed by atoms with Gasteiger partial charge in [0.05, 0.1) is 18.3 Å². The minimum absolute atomic E-state index is 0.191. The second kappa shape index (κ2) is 4.51. The highest BCUT2D eigenvalue weighted by Gasteiger charge is 2.32. The SMILES string of the molecule is Cc1cnoc1C(=O)N[C@@H]1c2ccccc2C[C@@H]1O. The first-order valence-electron chi connectivity index (χ1n) is 6.15. The van der Waals surface area contributed by atoms with Crippen LogP contribution in [0.5, 0.6) is 0 Å². The highest BCUT2D eigenvalue weighted by molar-refractivity contribution is 5.93. The molecule has 1 heterocycles. The second-order valence-electron chi connectivity index (χ2n) is 4.76. The molecule has 0 spiro atoms. The highest BCUT2D eigenvalue weighted by Crippen LogP contribution is 2.31. The lowest BCUT2D eigenvalue weighted by Gasteiger charge is -2.17. The molecular weight excluding hydrogens is 244 g/mol. The molecule has 5 heteroatoms. The van der Waals surface area contributed by atoms with Crippen LogP contribution >= 0.6 is 0 Å². The summed E-state index contributed by atoms with van der Waals surface area (Å²) in [6, 6.07) is 7.31. The molecule has 1 amide bonds. The topological polar surface area (TPSA) is 75.4 Å². The normalized spacial score (nSPS) is 21.2. The van der Waals surface area contributed by atoms with Crippen LogP contribution in [0, 0.1) is 6.92 Å². The van der Waals surface area contributed by atoms with Gasteiger partial charge in [-0.1, -0.05) is 29.4 Å². The van der Waals surface area contributed by atoms with Crippen molar-refractivity contribution in [2.24, 2.45) is 0 Å². The van der Waals surface area contributed by atoms with Crippen LogP contribution in [-0.2, 0) is 6.42 Å². The van der Waals surface area contributed by atoms with Crippen LogP contribution in [-0.4, -0.2) is 22.3 Å². The molecule has 5 nitrogen and oxygen atoms in total. The molecule has 0 unspecified atom stereocenters. The van der Waals surface area contributed by atoms with Crippen molar-refractivity contribution in [3.05, 3.63) is 52.9 Å². The van der Waals surface area contributed by atoms with Gasteiger partial charge in [0.2, 0.25) is 5.76 Å². The monoisotopic (exact) mass is 258 g/mol. The summed E-state index contributed by atoms with van der Waals surface area (Å²) in [5.41, 5.74) is 2.70. The molecule has 2 aromatic rings. The van der Waals surface area contributed by atoms with Crippen molar-refractivity contribution in [3.8, 4) is 0 Å². The maximum Gasteiger partial charge on any atom is 0.290 e. The number of fused-ring (bicyclic) bond motifs is 1. The number of aliphatic hydroxyl groups is 1. The molecule has 0 radical (unpaired) electrons. The highest BCUT2D eigenvalue weighted by atomic mass is 16.5. The van der Waals surface area contributed by atoms with E-state index in [9.17, 15) is 9.90 Å². The Morgan fingerprint density at radius 2 is 2.26 bits per heavy atom. The third-order valence-corrected chi connectivity index (χ3v) is 3.45. The van der Waals surface area contributed by atoms with Crippen LogP contribution in [0.4, 0.5) is 0 Å². The predicted octanol–water partition coefficient (Wildman–Crippen LogP) is 1.37. The molecular formula is C14H14N2O3. The summed E-state index contributed by atoms with van der Waals surface area (Å²) in [4.78, 5) is 12.1. The van der Waals surface area contributed by atoms with Gasteiger partial charge in [-0.15, -0.1) is 0 Å². The third kappa shape index (κ3) is 2.02. The summed E-state index contributed by atoms with van der Waals surface area (Å²) in [6.45, 7) is 1.75. The minimum atomic E-state index is -0.607. The fourth-order valence-electron chi connectivity index (χ4n) is 2.46. The quantitative estimate of drug-likeness (QED) is 0.853. The van der Waals surface area contributed by atoms with Gasteiger partial charge in [0.1, 0.15) is 0 Å². The van der Waals surface area contributed by atoms with Crippen molar-refractivity contribution in [3.63, 3.8) is 0 Å². The van der Waals surface area contributed by atoms with Crippen LogP contribution in [0.25, 0.3) is 0 Å². The van der Waals surface area contributed by atoms with Gasteiger partial charge in [0.25, 0.3) is 5.91 Å². The molecule has 2 atom stereocenters. The van der Waals surface area contributed by atoms with E-state index in [1.165, 1.54) is 6.20 Å². The largest absolute Gasteiger partial charge is 0.390 e. The number of amides is 1. The van der Waals surface area contributed by atoms with Crippen molar-refractivity contribution >= 4 is 5.91 Å². The van der Waals surface area contributed by atoms with E-state index in [4.69, 9.17) is 4.52 Å². The van der Waals surface area contributed by atoms with E-state index in [0.29, 0.717) is 12.0 Å². The van der Waals surface area contributed by atoms with Crippen LogP contribution in [0.3, 0.4) is 0 Å². The molecule has 3 rings (SSSR count). The Hall–Kier alpha value is -2.14. The van der Waals surface area contributed by atoms with Crippen LogP contribution in [0.15, 0.2) is 35.0 Å². The number of hydrogen-bond acceptors (Lipinski definition) is 4.